The van der Waals surface area contributed by atoms with Gasteiger partial charge in [-0.15, -0.1) is 0 Å². The van der Waals surface area contributed by atoms with Gasteiger partial charge in [0.05, 0.1) is 24.1 Å². The highest BCUT2D eigenvalue weighted by molar-refractivity contribution is 6.30. The lowest BCUT2D eigenvalue weighted by molar-refractivity contribution is -0.118. The van der Waals surface area contributed by atoms with Gasteiger partial charge in [0.15, 0.2) is 6.61 Å². The Morgan fingerprint density at radius 1 is 1.23 bits per heavy atom. The molecule has 6 nitrogen and oxygen atoms in total. The fourth-order valence-electron chi connectivity index (χ4n) is 4.74. The van der Waals surface area contributed by atoms with Crippen molar-refractivity contribution in [3.63, 3.8) is 0 Å². The van der Waals surface area contributed by atoms with Crippen molar-refractivity contribution >= 4 is 23.2 Å². The van der Waals surface area contributed by atoms with E-state index in [1.54, 1.807) is 4.68 Å². The van der Waals surface area contributed by atoms with Crippen molar-refractivity contribution in [1.82, 2.24) is 9.78 Å². The molecule has 0 aliphatic carbocycles. The first-order valence-electron chi connectivity index (χ1n) is 12.3. The summed E-state index contributed by atoms with van der Waals surface area (Å²) >= 11 is 6.23. The zero-order chi connectivity index (χ0) is 24.9. The first-order valence-corrected chi connectivity index (χ1v) is 12.7. The van der Waals surface area contributed by atoms with Crippen LogP contribution < -0.4 is 10.1 Å². The first kappa shape index (κ1) is 25.3. The van der Waals surface area contributed by atoms with Gasteiger partial charge in [-0.2, -0.15) is 5.10 Å². The lowest BCUT2D eigenvalue weighted by Gasteiger charge is -2.39. The number of carbonyl (C=O) groups is 1. The highest BCUT2D eigenvalue weighted by Crippen LogP contribution is 2.44. The van der Waals surface area contributed by atoms with Crippen LogP contribution in [-0.4, -0.2) is 28.9 Å². The average Bonchev–Trinajstić information content (AvgIpc) is 3.21. The smallest absolute Gasteiger partial charge is 0.262 e. The third kappa shape index (κ3) is 6.24. The van der Waals surface area contributed by atoms with Crippen LogP contribution in [0.25, 0.3) is 0 Å². The Hall–Kier alpha value is -2.83. The minimum absolute atomic E-state index is 0.0228. The molecule has 0 radical (unpaired) electrons. The quantitative estimate of drug-likeness (QED) is 0.392. The van der Waals surface area contributed by atoms with Crippen molar-refractivity contribution in [2.24, 2.45) is 11.8 Å². The Bertz CT molecular complexity index is 1160. The Kier molecular flexibility index (Phi) is 8.14. The van der Waals surface area contributed by atoms with E-state index in [-0.39, 0.29) is 18.6 Å². The Morgan fingerprint density at radius 2 is 2.00 bits per heavy atom. The topological polar surface area (TPSA) is 65.4 Å². The molecular weight excluding hydrogens is 462 g/mol. The number of aryl methyl sites for hydroxylation is 2. The highest BCUT2D eigenvalue weighted by atomic mass is 35.5. The number of benzene rings is 2. The van der Waals surface area contributed by atoms with Crippen LogP contribution in [0.15, 0.2) is 54.7 Å². The van der Waals surface area contributed by atoms with Gasteiger partial charge in [0.1, 0.15) is 5.75 Å². The molecule has 1 fully saturated rings. The van der Waals surface area contributed by atoms with E-state index in [2.05, 4.69) is 36.4 Å². The minimum atomic E-state index is -0.215. The number of carbonyl (C=O) groups excluding carboxylic acids is 1. The molecule has 1 aliphatic rings. The summed E-state index contributed by atoms with van der Waals surface area (Å²) in [5.74, 6) is 1.56. The van der Waals surface area contributed by atoms with Crippen molar-refractivity contribution < 1.29 is 14.3 Å². The maximum atomic E-state index is 12.5. The normalized spacial score (nSPS) is 20.1. The van der Waals surface area contributed by atoms with Crippen LogP contribution in [0.4, 0.5) is 5.69 Å². The van der Waals surface area contributed by atoms with Crippen molar-refractivity contribution in [3.8, 4) is 5.75 Å². The van der Waals surface area contributed by atoms with E-state index in [0.29, 0.717) is 35.8 Å². The van der Waals surface area contributed by atoms with Crippen molar-refractivity contribution in [3.05, 3.63) is 76.6 Å². The monoisotopic (exact) mass is 495 g/mol. The van der Waals surface area contributed by atoms with Crippen molar-refractivity contribution in [2.45, 2.75) is 52.7 Å². The van der Waals surface area contributed by atoms with Crippen LogP contribution in [0.3, 0.4) is 0 Å². The van der Waals surface area contributed by atoms with Gasteiger partial charge in [-0.25, -0.2) is 0 Å². The number of nitrogens with one attached hydrogen (secondary N) is 1. The van der Waals surface area contributed by atoms with Crippen LogP contribution in [-0.2, 0) is 16.1 Å². The molecule has 1 amide bonds. The predicted octanol–water partition coefficient (Wildman–Crippen LogP) is 6.40. The lowest BCUT2D eigenvalue weighted by atomic mass is 9.76. The Labute approximate surface area is 212 Å². The second-order valence-electron chi connectivity index (χ2n) is 9.54. The summed E-state index contributed by atoms with van der Waals surface area (Å²) in [6.45, 7) is 9.69. The maximum absolute atomic E-state index is 12.5. The Morgan fingerprint density at radius 3 is 2.71 bits per heavy atom. The van der Waals surface area contributed by atoms with E-state index in [4.69, 9.17) is 21.1 Å². The molecule has 0 saturated carbocycles. The lowest BCUT2D eigenvalue weighted by Crippen LogP contribution is -2.31. The van der Waals surface area contributed by atoms with Gasteiger partial charge in [0, 0.05) is 23.7 Å². The zero-order valence-corrected chi connectivity index (χ0v) is 21.6. The number of rotatable bonds is 8. The van der Waals surface area contributed by atoms with E-state index in [1.165, 1.54) is 5.56 Å². The van der Waals surface area contributed by atoms with E-state index < -0.39 is 0 Å². The summed E-state index contributed by atoms with van der Waals surface area (Å²) < 4.78 is 14.1. The molecule has 1 saturated heterocycles. The fraction of sp³-hybridized carbons (Fsp3) is 0.429. The molecule has 186 valence electrons. The number of aromatic nitrogens is 2. The third-order valence-electron chi connectivity index (χ3n) is 6.70. The fourth-order valence-corrected chi connectivity index (χ4v) is 4.94. The number of halogens is 1. The highest BCUT2D eigenvalue weighted by Gasteiger charge is 2.35. The summed E-state index contributed by atoms with van der Waals surface area (Å²) in [5, 5.41) is 7.99. The summed E-state index contributed by atoms with van der Waals surface area (Å²) in [7, 11) is 0. The molecule has 35 heavy (non-hydrogen) atoms. The predicted molar refractivity (Wildman–Crippen MR) is 139 cm³/mol. The molecular formula is C28H34ClN3O3. The molecule has 0 unspecified atom stereocenters. The van der Waals surface area contributed by atoms with Crippen LogP contribution >= 0.6 is 11.6 Å². The molecule has 4 rings (SSSR count). The molecule has 7 heteroatoms. The minimum Gasteiger partial charge on any atom is -0.484 e. The molecule has 2 aromatic carbocycles. The number of anilines is 1. The summed E-state index contributed by atoms with van der Waals surface area (Å²) in [6.07, 6.45) is 2.84. The van der Waals surface area contributed by atoms with Crippen molar-refractivity contribution in [2.75, 3.05) is 18.5 Å². The second kappa shape index (κ2) is 11.3. The average molecular weight is 496 g/mol. The van der Waals surface area contributed by atoms with Gasteiger partial charge in [0.2, 0.25) is 0 Å². The van der Waals surface area contributed by atoms with Crippen LogP contribution in [0.2, 0.25) is 5.02 Å². The van der Waals surface area contributed by atoms with Gasteiger partial charge in [0.25, 0.3) is 5.91 Å². The standard InChI is InChI=1S/C28H34ClN3O3/c1-5-32-15-26(19(4)31-32)30-27(33)17-34-24-11-7-9-21(13-24)28-25(18(2)3)14-22(16-35-28)20-8-6-10-23(29)12-20/h6-13,15,18,22,25,28H,5,14,16-17H2,1-4H3,(H,30,33)/t22-,25-,28-/m0/s1. The molecule has 1 aromatic heterocycles. The molecule has 1 aliphatic heterocycles. The third-order valence-corrected chi connectivity index (χ3v) is 6.93. The molecule has 3 aromatic rings. The van der Waals surface area contributed by atoms with Crippen LogP contribution in [0, 0.1) is 18.8 Å². The number of nitrogens with zero attached hydrogens (tertiary/aromatic N) is 2. The van der Waals surface area contributed by atoms with E-state index in [9.17, 15) is 4.79 Å². The summed E-state index contributed by atoms with van der Waals surface area (Å²) in [4.78, 5) is 12.5. The number of amides is 1. The first-order chi connectivity index (χ1) is 16.8. The molecule has 0 spiro atoms. The van der Waals surface area contributed by atoms with Gasteiger partial charge >= 0.3 is 0 Å². The molecule has 2 heterocycles. The SMILES string of the molecule is CCn1cc(NC(=O)COc2cccc([C@@H]3OC[C@@H](c4cccc(Cl)c4)C[C@H]3C(C)C)c2)c(C)n1. The second-order valence-corrected chi connectivity index (χ2v) is 9.98. The van der Waals surface area contributed by atoms with Crippen LogP contribution in [0.1, 0.15) is 56.0 Å². The van der Waals surface area contributed by atoms with Gasteiger partial charge in [-0.05, 0) is 67.5 Å². The summed E-state index contributed by atoms with van der Waals surface area (Å²) in [6, 6.07) is 16.0. The molecule has 0 bridgehead atoms. The maximum Gasteiger partial charge on any atom is 0.262 e. The number of ether oxygens (including phenoxy) is 2. The number of hydrogen-bond donors (Lipinski definition) is 1. The van der Waals surface area contributed by atoms with E-state index in [0.717, 1.165) is 29.2 Å². The molecule has 1 N–H and O–H groups in total. The van der Waals surface area contributed by atoms with E-state index >= 15 is 0 Å². The number of hydrogen-bond acceptors (Lipinski definition) is 4. The van der Waals surface area contributed by atoms with E-state index in [1.807, 2.05) is 56.4 Å². The Balaban J connectivity index is 1.40. The van der Waals surface area contributed by atoms with Gasteiger partial charge < -0.3 is 14.8 Å². The van der Waals surface area contributed by atoms with Crippen molar-refractivity contribution in [1.29, 1.82) is 0 Å². The van der Waals surface area contributed by atoms with Gasteiger partial charge in [-0.3, -0.25) is 9.48 Å². The van der Waals surface area contributed by atoms with Gasteiger partial charge in [-0.1, -0.05) is 49.7 Å². The zero-order valence-electron chi connectivity index (χ0n) is 20.8. The summed E-state index contributed by atoms with van der Waals surface area (Å²) in [5.41, 5.74) is 3.79. The molecule has 3 atom stereocenters. The largest absolute Gasteiger partial charge is 0.484 e. The van der Waals surface area contributed by atoms with Crippen LogP contribution in [0.5, 0.6) is 5.75 Å².